The summed E-state index contributed by atoms with van der Waals surface area (Å²) in [6.45, 7) is 2.89. The number of imidazole rings is 2. The minimum absolute atomic E-state index is 0.443. The van der Waals surface area contributed by atoms with Gasteiger partial charge in [0.05, 0.1) is 0 Å². The molecule has 7 nitrogen and oxygen atoms in total. The second kappa shape index (κ2) is 4.10. The smallest absolute Gasteiger partial charge is 0.183 e. The van der Waals surface area contributed by atoms with E-state index in [-0.39, 0.29) is 0 Å². The zero-order valence-corrected chi connectivity index (χ0v) is 9.96. The maximum Gasteiger partial charge on any atom is 0.183 e. The summed E-state index contributed by atoms with van der Waals surface area (Å²) in [5, 5.41) is 0. The number of hydrogen-bond acceptors (Lipinski definition) is 5. The first-order valence-corrected chi connectivity index (χ1v) is 5.77. The molecule has 3 N–H and O–H groups in total. The predicted octanol–water partition coefficient (Wildman–Crippen LogP) is 1.21. The van der Waals surface area contributed by atoms with Crippen LogP contribution in [-0.4, -0.2) is 29.5 Å². The molecule has 0 amide bonds. The first kappa shape index (κ1) is 10.7. The Morgan fingerprint density at radius 2 is 2.22 bits per heavy atom. The number of hydrogen-bond donors (Lipinski definition) is 2. The molecule has 0 bridgehead atoms. The fourth-order valence-electron chi connectivity index (χ4n) is 2.00. The third-order valence-corrected chi connectivity index (χ3v) is 2.73. The average Bonchev–Trinajstić information content (AvgIpc) is 2.97. The summed E-state index contributed by atoms with van der Waals surface area (Å²) in [6.07, 6.45) is 5.85. The highest BCUT2D eigenvalue weighted by molar-refractivity contribution is 5.84. The van der Waals surface area contributed by atoms with E-state index >= 15 is 0 Å². The third kappa shape index (κ3) is 1.52. The number of nitrogens with zero attached hydrogens (tertiary/aromatic N) is 5. The number of anilines is 1. The second-order valence-corrected chi connectivity index (χ2v) is 3.96. The zero-order valence-electron chi connectivity index (χ0n) is 9.96. The van der Waals surface area contributed by atoms with Gasteiger partial charge in [0.25, 0.3) is 0 Å². The zero-order chi connectivity index (χ0) is 12.5. The molecule has 3 aromatic heterocycles. The molecular weight excluding hydrogens is 230 g/mol. The Morgan fingerprint density at radius 3 is 2.94 bits per heavy atom. The van der Waals surface area contributed by atoms with Crippen molar-refractivity contribution in [2.45, 2.75) is 19.9 Å². The van der Waals surface area contributed by atoms with Crippen molar-refractivity contribution < 1.29 is 0 Å². The number of fused-ring (bicyclic) bond motifs is 1. The van der Waals surface area contributed by atoms with Crippen LogP contribution in [0.5, 0.6) is 0 Å². The molecule has 0 radical (unpaired) electrons. The van der Waals surface area contributed by atoms with Gasteiger partial charge in [-0.2, -0.15) is 0 Å². The van der Waals surface area contributed by atoms with Gasteiger partial charge < -0.3 is 15.3 Å². The van der Waals surface area contributed by atoms with Crippen LogP contribution >= 0.6 is 0 Å². The van der Waals surface area contributed by atoms with Crippen LogP contribution in [0.25, 0.3) is 22.8 Å². The van der Waals surface area contributed by atoms with Crippen LogP contribution in [0, 0.1) is 0 Å². The minimum atomic E-state index is 0.443. The molecule has 92 valence electrons. The summed E-state index contributed by atoms with van der Waals surface area (Å²) in [6, 6.07) is 0. The monoisotopic (exact) mass is 243 g/mol. The van der Waals surface area contributed by atoms with Gasteiger partial charge >= 0.3 is 0 Å². The van der Waals surface area contributed by atoms with Gasteiger partial charge in [-0.05, 0) is 6.42 Å². The topological polar surface area (TPSA) is 98.3 Å². The summed E-state index contributed by atoms with van der Waals surface area (Å²) in [7, 11) is 0. The number of nitrogen functional groups attached to an aromatic ring is 1. The highest BCUT2D eigenvalue weighted by atomic mass is 15.2. The Labute approximate surface area is 103 Å². The first-order chi connectivity index (χ1) is 8.81. The lowest BCUT2D eigenvalue weighted by Crippen LogP contribution is -2.03. The molecule has 0 aliphatic carbocycles. The molecule has 0 unspecified atom stereocenters. The summed E-state index contributed by atoms with van der Waals surface area (Å²) >= 11 is 0. The van der Waals surface area contributed by atoms with E-state index in [1.165, 1.54) is 6.33 Å². The Kier molecular flexibility index (Phi) is 2.44. The molecule has 3 aromatic rings. The van der Waals surface area contributed by atoms with E-state index in [1.807, 2.05) is 4.57 Å². The molecule has 3 heterocycles. The van der Waals surface area contributed by atoms with Gasteiger partial charge in [-0.25, -0.2) is 19.9 Å². The molecule has 3 rings (SSSR count). The number of nitrogens with one attached hydrogen (secondary N) is 1. The van der Waals surface area contributed by atoms with E-state index in [0.29, 0.717) is 17.3 Å². The molecule has 18 heavy (non-hydrogen) atoms. The summed E-state index contributed by atoms with van der Waals surface area (Å²) < 4.78 is 2.00. The average molecular weight is 243 g/mol. The van der Waals surface area contributed by atoms with Crippen molar-refractivity contribution in [3.8, 4) is 11.6 Å². The van der Waals surface area contributed by atoms with Crippen LogP contribution in [0.4, 0.5) is 5.82 Å². The Balaban J connectivity index is 2.31. The van der Waals surface area contributed by atoms with Crippen molar-refractivity contribution in [1.29, 1.82) is 0 Å². The number of aromatic amines is 1. The number of nitrogens with two attached hydrogens (primary N) is 1. The predicted molar refractivity (Wildman–Crippen MR) is 67.6 cm³/mol. The normalized spacial score (nSPS) is 11.2. The van der Waals surface area contributed by atoms with E-state index in [0.717, 1.165) is 24.3 Å². The molecule has 0 aliphatic heterocycles. The lowest BCUT2D eigenvalue weighted by Gasteiger charge is -2.06. The van der Waals surface area contributed by atoms with E-state index in [4.69, 9.17) is 5.73 Å². The van der Waals surface area contributed by atoms with Crippen molar-refractivity contribution in [1.82, 2.24) is 29.5 Å². The van der Waals surface area contributed by atoms with Crippen molar-refractivity contribution in [2.75, 3.05) is 5.73 Å². The summed E-state index contributed by atoms with van der Waals surface area (Å²) in [5.41, 5.74) is 7.28. The second-order valence-electron chi connectivity index (χ2n) is 3.96. The SMILES string of the molecule is CCCn1c(-c2ncc[nH]2)nc2ncnc(N)c21. The van der Waals surface area contributed by atoms with Gasteiger partial charge in [-0.1, -0.05) is 6.92 Å². The Bertz CT molecular complexity index is 668. The maximum atomic E-state index is 5.91. The summed E-state index contributed by atoms with van der Waals surface area (Å²) in [5.74, 6) is 1.89. The third-order valence-electron chi connectivity index (χ3n) is 2.73. The van der Waals surface area contributed by atoms with Gasteiger partial charge in [0.15, 0.2) is 23.1 Å². The fourth-order valence-corrected chi connectivity index (χ4v) is 2.00. The molecule has 0 aromatic carbocycles. The van der Waals surface area contributed by atoms with Crippen molar-refractivity contribution in [3.63, 3.8) is 0 Å². The molecule has 0 spiro atoms. The summed E-state index contributed by atoms with van der Waals surface area (Å²) in [4.78, 5) is 19.9. The van der Waals surface area contributed by atoms with Gasteiger partial charge in [0.2, 0.25) is 0 Å². The first-order valence-electron chi connectivity index (χ1n) is 5.77. The quantitative estimate of drug-likeness (QED) is 0.720. The van der Waals surface area contributed by atoms with Crippen LogP contribution in [-0.2, 0) is 6.54 Å². The number of aromatic nitrogens is 6. The lowest BCUT2D eigenvalue weighted by molar-refractivity contribution is 0.701. The lowest BCUT2D eigenvalue weighted by atomic mass is 10.4. The number of H-pyrrole nitrogens is 1. The molecule has 0 saturated heterocycles. The molecule has 0 atom stereocenters. The van der Waals surface area contributed by atoms with Crippen LogP contribution < -0.4 is 5.73 Å². The Morgan fingerprint density at radius 1 is 1.33 bits per heavy atom. The molecular formula is C11H13N7. The van der Waals surface area contributed by atoms with Crippen molar-refractivity contribution >= 4 is 17.0 Å². The highest BCUT2D eigenvalue weighted by Gasteiger charge is 2.16. The van der Waals surface area contributed by atoms with Crippen LogP contribution in [0.15, 0.2) is 18.7 Å². The van der Waals surface area contributed by atoms with E-state index in [1.54, 1.807) is 12.4 Å². The van der Waals surface area contributed by atoms with Crippen LogP contribution in [0.1, 0.15) is 13.3 Å². The van der Waals surface area contributed by atoms with Crippen molar-refractivity contribution in [2.24, 2.45) is 0 Å². The highest BCUT2D eigenvalue weighted by Crippen LogP contribution is 2.24. The number of rotatable bonds is 3. The molecule has 0 saturated carbocycles. The molecule has 0 fully saturated rings. The maximum absolute atomic E-state index is 5.91. The van der Waals surface area contributed by atoms with E-state index < -0.39 is 0 Å². The number of aryl methyl sites for hydroxylation is 1. The molecule has 7 heteroatoms. The van der Waals surface area contributed by atoms with Crippen LogP contribution in [0.2, 0.25) is 0 Å². The van der Waals surface area contributed by atoms with Crippen LogP contribution in [0.3, 0.4) is 0 Å². The van der Waals surface area contributed by atoms with Gasteiger partial charge in [0, 0.05) is 18.9 Å². The van der Waals surface area contributed by atoms with Gasteiger partial charge in [-0.15, -0.1) is 0 Å². The molecule has 0 aliphatic rings. The van der Waals surface area contributed by atoms with E-state index in [2.05, 4.69) is 31.8 Å². The van der Waals surface area contributed by atoms with Crippen molar-refractivity contribution in [3.05, 3.63) is 18.7 Å². The largest absolute Gasteiger partial charge is 0.382 e. The fraction of sp³-hybridized carbons (Fsp3) is 0.273. The van der Waals surface area contributed by atoms with Gasteiger partial charge in [0.1, 0.15) is 11.8 Å². The standard InChI is InChI=1S/C11H13N7/c1-2-5-18-7-8(12)15-6-16-9(7)17-11(18)10-13-3-4-14-10/h3-4,6H,2,5H2,1H3,(H,13,14)(H2,12,15,16). The van der Waals surface area contributed by atoms with Gasteiger partial charge in [-0.3, -0.25) is 0 Å². The minimum Gasteiger partial charge on any atom is -0.382 e. The van der Waals surface area contributed by atoms with E-state index in [9.17, 15) is 0 Å². The Hall–Kier alpha value is -2.44.